The van der Waals surface area contributed by atoms with E-state index in [1.54, 1.807) is 0 Å². The van der Waals surface area contributed by atoms with E-state index >= 15 is 0 Å². The highest BCUT2D eigenvalue weighted by molar-refractivity contribution is 5.94. The topological polar surface area (TPSA) is 20.2 Å². The zero-order valence-corrected chi connectivity index (χ0v) is 11.3. The van der Waals surface area contributed by atoms with Crippen molar-refractivity contribution in [3.05, 3.63) is 46.0 Å². The quantitative estimate of drug-likeness (QED) is 0.778. The van der Waals surface area contributed by atoms with Gasteiger partial charge in [-0.25, -0.2) is 0 Å². The van der Waals surface area contributed by atoms with Crippen molar-refractivity contribution in [2.45, 2.75) is 40.7 Å². The minimum Gasteiger partial charge on any atom is -0.389 e. The fourth-order valence-corrected chi connectivity index (χ4v) is 2.79. The first-order valence-corrected chi connectivity index (χ1v) is 6.11. The Balaban J connectivity index is 2.98. The third-order valence-electron chi connectivity index (χ3n) is 3.65. The molecule has 0 fully saturated rings. The summed E-state index contributed by atoms with van der Waals surface area (Å²) in [6.07, 6.45) is -0.405. The van der Waals surface area contributed by atoms with Gasteiger partial charge in [-0.2, -0.15) is 0 Å². The minimum absolute atomic E-state index is 0.405. The minimum atomic E-state index is -0.405. The van der Waals surface area contributed by atoms with Crippen molar-refractivity contribution < 1.29 is 5.11 Å². The average Bonchev–Trinajstić information content (AvgIpc) is 2.26. The van der Waals surface area contributed by atoms with Gasteiger partial charge in [-0.3, -0.25) is 0 Å². The zero-order valence-electron chi connectivity index (χ0n) is 11.3. The van der Waals surface area contributed by atoms with Gasteiger partial charge in [0.2, 0.25) is 0 Å². The van der Waals surface area contributed by atoms with E-state index < -0.39 is 6.10 Å². The van der Waals surface area contributed by atoms with Gasteiger partial charge in [0, 0.05) is 0 Å². The molecule has 1 unspecified atom stereocenters. The lowest BCUT2D eigenvalue weighted by Crippen LogP contribution is -1.99. The van der Waals surface area contributed by atoms with Gasteiger partial charge in [0.1, 0.15) is 0 Å². The molecule has 0 aromatic heterocycles. The van der Waals surface area contributed by atoms with Crippen LogP contribution in [0.4, 0.5) is 0 Å². The van der Waals surface area contributed by atoms with Crippen molar-refractivity contribution in [2.24, 2.45) is 0 Å². The van der Waals surface area contributed by atoms with E-state index in [0.29, 0.717) is 0 Å². The van der Waals surface area contributed by atoms with Gasteiger partial charge in [0.05, 0.1) is 6.10 Å². The standard InChI is InChI=1S/C16H20O/c1-9-6-7-10(2)16-12(4)14(13(5)17)8-11(3)15(9)16/h6-8,13,17H,1-5H3. The normalized spacial score (nSPS) is 13.1. The fourth-order valence-electron chi connectivity index (χ4n) is 2.79. The number of benzene rings is 2. The van der Waals surface area contributed by atoms with Crippen molar-refractivity contribution in [3.63, 3.8) is 0 Å². The molecule has 0 amide bonds. The number of aliphatic hydroxyl groups excluding tert-OH is 1. The molecule has 1 N–H and O–H groups in total. The maximum absolute atomic E-state index is 9.85. The largest absolute Gasteiger partial charge is 0.389 e. The number of hydrogen-bond acceptors (Lipinski definition) is 1. The highest BCUT2D eigenvalue weighted by Crippen LogP contribution is 2.33. The zero-order chi connectivity index (χ0) is 12.7. The summed E-state index contributed by atoms with van der Waals surface area (Å²) >= 11 is 0. The van der Waals surface area contributed by atoms with Crippen molar-refractivity contribution in [2.75, 3.05) is 0 Å². The molecule has 0 aliphatic heterocycles. The van der Waals surface area contributed by atoms with E-state index in [4.69, 9.17) is 0 Å². The summed E-state index contributed by atoms with van der Waals surface area (Å²) in [7, 11) is 0. The molecule has 2 rings (SSSR count). The molecule has 0 saturated carbocycles. The van der Waals surface area contributed by atoms with Gasteiger partial charge in [-0.1, -0.05) is 18.2 Å². The van der Waals surface area contributed by atoms with Crippen molar-refractivity contribution >= 4 is 10.8 Å². The summed E-state index contributed by atoms with van der Waals surface area (Å²) < 4.78 is 0. The molecule has 0 spiro atoms. The van der Waals surface area contributed by atoms with Gasteiger partial charge in [-0.15, -0.1) is 0 Å². The maximum atomic E-state index is 9.85. The summed E-state index contributed by atoms with van der Waals surface area (Å²) in [6, 6.07) is 6.46. The molecule has 1 heteroatoms. The van der Waals surface area contributed by atoms with Crippen LogP contribution in [0.5, 0.6) is 0 Å². The molecule has 1 nitrogen and oxygen atoms in total. The smallest absolute Gasteiger partial charge is 0.0764 e. The molecule has 0 radical (unpaired) electrons. The molecule has 0 bridgehead atoms. The molecular weight excluding hydrogens is 208 g/mol. The molecule has 0 saturated heterocycles. The van der Waals surface area contributed by atoms with E-state index in [0.717, 1.165) is 5.56 Å². The molecule has 17 heavy (non-hydrogen) atoms. The monoisotopic (exact) mass is 228 g/mol. The third kappa shape index (κ3) is 1.85. The Morgan fingerprint density at radius 3 is 1.94 bits per heavy atom. The highest BCUT2D eigenvalue weighted by atomic mass is 16.3. The summed E-state index contributed by atoms with van der Waals surface area (Å²) in [6.45, 7) is 10.4. The first-order valence-electron chi connectivity index (χ1n) is 6.11. The molecule has 2 aromatic carbocycles. The SMILES string of the molecule is Cc1ccc(C)c2c(C)c(C(C)O)cc(C)c12. The predicted molar refractivity (Wildman–Crippen MR) is 73.5 cm³/mol. The Labute approximate surface area is 103 Å². The lowest BCUT2D eigenvalue weighted by Gasteiger charge is -2.17. The third-order valence-corrected chi connectivity index (χ3v) is 3.65. The van der Waals surface area contributed by atoms with Gasteiger partial charge in [0.25, 0.3) is 0 Å². The summed E-state index contributed by atoms with van der Waals surface area (Å²) in [5.41, 5.74) is 6.10. The first-order chi connectivity index (χ1) is 7.93. The number of aliphatic hydroxyl groups is 1. The Morgan fingerprint density at radius 1 is 0.882 bits per heavy atom. The first kappa shape index (κ1) is 12.1. The van der Waals surface area contributed by atoms with Gasteiger partial charge in [-0.05, 0) is 73.2 Å². The van der Waals surface area contributed by atoms with Gasteiger partial charge >= 0.3 is 0 Å². The second-order valence-corrected chi connectivity index (χ2v) is 5.03. The van der Waals surface area contributed by atoms with Crippen LogP contribution in [0.15, 0.2) is 18.2 Å². The van der Waals surface area contributed by atoms with Crippen LogP contribution in [0.2, 0.25) is 0 Å². The second kappa shape index (κ2) is 4.15. The Kier molecular flexibility index (Phi) is 2.96. The van der Waals surface area contributed by atoms with E-state index in [1.807, 2.05) is 6.92 Å². The molecule has 90 valence electrons. The van der Waals surface area contributed by atoms with Crippen LogP contribution < -0.4 is 0 Å². The van der Waals surface area contributed by atoms with Gasteiger partial charge in [0.15, 0.2) is 0 Å². The molecule has 0 heterocycles. The predicted octanol–water partition coefficient (Wildman–Crippen LogP) is 4.13. The molecule has 2 aromatic rings. The van der Waals surface area contributed by atoms with E-state index in [2.05, 4.69) is 45.9 Å². The summed E-state index contributed by atoms with van der Waals surface area (Å²) in [4.78, 5) is 0. The number of fused-ring (bicyclic) bond motifs is 1. The molecule has 0 aliphatic rings. The molecular formula is C16H20O. The molecule has 1 atom stereocenters. The van der Waals surface area contributed by atoms with Crippen LogP contribution >= 0.6 is 0 Å². The van der Waals surface area contributed by atoms with Crippen molar-refractivity contribution in [3.8, 4) is 0 Å². The van der Waals surface area contributed by atoms with Crippen LogP contribution in [-0.4, -0.2) is 5.11 Å². The molecule has 0 aliphatic carbocycles. The lowest BCUT2D eigenvalue weighted by atomic mass is 9.89. The Bertz CT molecular complexity index is 580. The van der Waals surface area contributed by atoms with E-state index in [1.165, 1.54) is 33.0 Å². The highest BCUT2D eigenvalue weighted by Gasteiger charge is 2.13. The lowest BCUT2D eigenvalue weighted by molar-refractivity contribution is 0.198. The maximum Gasteiger partial charge on any atom is 0.0764 e. The Hall–Kier alpha value is -1.34. The van der Waals surface area contributed by atoms with Crippen LogP contribution in [0.1, 0.15) is 40.8 Å². The number of hydrogen-bond donors (Lipinski definition) is 1. The van der Waals surface area contributed by atoms with Crippen LogP contribution in [-0.2, 0) is 0 Å². The fraction of sp³-hybridized carbons (Fsp3) is 0.375. The van der Waals surface area contributed by atoms with Crippen molar-refractivity contribution in [1.82, 2.24) is 0 Å². The number of aryl methyl sites for hydroxylation is 4. The van der Waals surface area contributed by atoms with E-state index in [-0.39, 0.29) is 0 Å². The second-order valence-electron chi connectivity index (χ2n) is 5.03. The van der Waals surface area contributed by atoms with Crippen LogP contribution in [0, 0.1) is 27.7 Å². The summed E-state index contributed by atoms with van der Waals surface area (Å²) in [5.74, 6) is 0. The average molecular weight is 228 g/mol. The summed E-state index contributed by atoms with van der Waals surface area (Å²) in [5, 5.41) is 12.5. The van der Waals surface area contributed by atoms with Crippen LogP contribution in [0.3, 0.4) is 0 Å². The van der Waals surface area contributed by atoms with Crippen molar-refractivity contribution in [1.29, 1.82) is 0 Å². The number of rotatable bonds is 1. The Morgan fingerprint density at radius 2 is 1.41 bits per heavy atom. The van der Waals surface area contributed by atoms with Gasteiger partial charge < -0.3 is 5.11 Å². The van der Waals surface area contributed by atoms with Crippen LogP contribution in [0.25, 0.3) is 10.8 Å². The van der Waals surface area contributed by atoms with E-state index in [9.17, 15) is 5.11 Å².